The largest absolute Gasteiger partial charge is 0.343 e. The standard InChI is InChI=1S/C5H10ClNOS/c1-4(3-6)7-5(8)9-2/h4H,3H2,1-2H3,(H,7,8)/t4-/m1/s1. The van der Waals surface area contributed by atoms with Crippen molar-refractivity contribution in [1.82, 2.24) is 5.32 Å². The second kappa shape index (κ2) is 4.94. The molecule has 0 radical (unpaired) electrons. The molecule has 0 spiro atoms. The Hall–Kier alpha value is 0.110. The smallest absolute Gasteiger partial charge is 0.279 e. The summed E-state index contributed by atoms with van der Waals surface area (Å²) in [5.74, 6) is 0.465. The zero-order valence-corrected chi connectivity index (χ0v) is 7.05. The lowest BCUT2D eigenvalue weighted by Gasteiger charge is -2.07. The van der Waals surface area contributed by atoms with Gasteiger partial charge in [-0.15, -0.1) is 11.6 Å². The van der Waals surface area contributed by atoms with E-state index in [1.54, 1.807) is 6.26 Å². The van der Waals surface area contributed by atoms with Crippen LogP contribution >= 0.6 is 23.4 Å². The lowest BCUT2D eigenvalue weighted by Crippen LogP contribution is -2.30. The minimum absolute atomic E-state index is 0.0249. The van der Waals surface area contributed by atoms with E-state index >= 15 is 0 Å². The summed E-state index contributed by atoms with van der Waals surface area (Å²) in [5.41, 5.74) is 0. The van der Waals surface area contributed by atoms with E-state index in [-0.39, 0.29) is 11.3 Å². The molecular weight excluding hydrogens is 158 g/mol. The second-order valence-corrected chi connectivity index (χ2v) is 2.78. The van der Waals surface area contributed by atoms with E-state index in [0.717, 1.165) is 11.8 Å². The maximum atomic E-state index is 10.6. The van der Waals surface area contributed by atoms with Crippen molar-refractivity contribution in [3.63, 3.8) is 0 Å². The Balaban J connectivity index is 3.34. The summed E-state index contributed by atoms with van der Waals surface area (Å²) in [5, 5.41) is 2.65. The van der Waals surface area contributed by atoms with Gasteiger partial charge in [-0.05, 0) is 13.2 Å². The predicted molar refractivity (Wildman–Crippen MR) is 42.2 cm³/mol. The zero-order chi connectivity index (χ0) is 7.28. The van der Waals surface area contributed by atoms with Crippen molar-refractivity contribution in [3.8, 4) is 0 Å². The summed E-state index contributed by atoms with van der Waals surface area (Å²) in [7, 11) is 0. The maximum Gasteiger partial charge on any atom is 0.279 e. The molecule has 0 aromatic rings. The Labute approximate surface area is 64.3 Å². The first-order valence-corrected chi connectivity index (χ1v) is 4.37. The summed E-state index contributed by atoms with van der Waals surface area (Å²) in [6.45, 7) is 1.86. The summed E-state index contributed by atoms with van der Waals surface area (Å²) in [6.07, 6.45) is 1.73. The molecule has 0 saturated heterocycles. The molecule has 0 saturated carbocycles. The van der Waals surface area contributed by atoms with Gasteiger partial charge in [-0.3, -0.25) is 4.79 Å². The third kappa shape index (κ3) is 4.60. The number of rotatable bonds is 2. The first kappa shape index (κ1) is 9.11. The zero-order valence-electron chi connectivity index (χ0n) is 5.48. The molecule has 0 aromatic carbocycles. The van der Waals surface area contributed by atoms with E-state index in [0.29, 0.717) is 5.88 Å². The van der Waals surface area contributed by atoms with Crippen LogP contribution in [0.25, 0.3) is 0 Å². The Bertz CT molecular complexity index is 99.0. The van der Waals surface area contributed by atoms with Gasteiger partial charge >= 0.3 is 0 Å². The first-order valence-electron chi connectivity index (χ1n) is 2.61. The highest BCUT2D eigenvalue weighted by Gasteiger charge is 2.02. The van der Waals surface area contributed by atoms with Crippen molar-refractivity contribution in [3.05, 3.63) is 0 Å². The van der Waals surface area contributed by atoms with Gasteiger partial charge in [-0.2, -0.15) is 0 Å². The van der Waals surface area contributed by atoms with Crippen LogP contribution in [-0.4, -0.2) is 23.4 Å². The van der Waals surface area contributed by atoms with Crippen LogP contribution in [0.1, 0.15) is 6.92 Å². The van der Waals surface area contributed by atoms with Gasteiger partial charge in [0.2, 0.25) is 0 Å². The van der Waals surface area contributed by atoms with E-state index in [9.17, 15) is 4.79 Å². The molecule has 1 atom stereocenters. The monoisotopic (exact) mass is 167 g/mol. The lowest BCUT2D eigenvalue weighted by atomic mass is 10.4. The van der Waals surface area contributed by atoms with Gasteiger partial charge in [0.25, 0.3) is 5.24 Å². The van der Waals surface area contributed by atoms with Gasteiger partial charge in [-0.25, -0.2) is 0 Å². The lowest BCUT2D eigenvalue weighted by molar-refractivity contribution is 0.259. The van der Waals surface area contributed by atoms with E-state index in [2.05, 4.69) is 5.32 Å². The number of carbonyl (C=O) groups excluding carboxylic acids is 1. The van der Waals surface area contributed by atoms with Crippen LogP contribution in [0.4, 0.5) is 4.79 Å². The molecule has 0 aromatic heterocycles. The minimum Gasteiger partial charge on any atom is -0.343 e. The van der Waals surface area contributed by atoms with Gasteiger partial charge in [0.15, 0.2) is 0 Å². The number of thioether (sulfide) groups is 1. The van der Waals surface area contributed by atoms with Crippen LogP contribution < -0.4 is 5.32 Å². The highest BCUT2D eigenvalue weighted by Crippen LogP contribution is 1.95. The normalized spacial score (nSPS) is 12.8. The van der Waals surface area contributed by atoms with Crippen LogP contribution in [0.5, 0.6) is 0 Å². The Morgan fingerprint density at radius 2 is 2.44 bits per heavy atom. The SMILES string of the molecule is CSC(=O)N[C@H](C)CCl. The number of halogens is 1. The number of hydrogen-bond donors (Lipinski definition) is 1. The molecule has 2 nitrogen and oxygen atoms in total. The molecule has 0 aliphatic carbocycles. The average Bonchev–Trinajstić information content (AvgIpc) is 1.87. The van der Waals surface area contributed by atoms with Crippen molar-refractivity contribution < 1.29 is 4.79 Å². The summed E-state index contributed by atoms with van der Waals surface area (Å²) in [4.78, 5) is 10.6. The molecule has 9 heavy (non-hydrogen) atoms. The summed E-state index contributed by atoms with van der Waals surface area (Å²) >= 11 is 6.59. The number of nitrogens with one attached hydrogen (secondary N) is 1. The number of alkyl halides is 1. The van der Waals surface area contributed by atoms with Gasteiger partial charge in [0.05, 0.1) is 0 Å². The van der Waals surface area contributed by atoms with Crippen molar-refractivity contribution in [2.75, 3.05) is 12.1 Å². The Kier molecular flexibility index (Phi) is 5.00. The van der Waals surface area contributed by atoms with Crippen molar-refractivity contribution in [1.29, 1.82) is 0 Å². The predicted octanol–water partition coefficient (Wildman–Crippen LogP) is 1.69. The van der Waals surface area contributed by atoms with E-state index in [4.69, 9.17) is 11.6 Å². The molecule has 1 amide bonds. The van der Waals surface area contributed by atoms with Gasteiger partial charge in [0.1, 0.15) is 0 Å². The van der Waals surface area contributed by atoms with Crippen molar-refractivity contribution in [2.45, 2.75) is 13.0 Å². The molecular formula is C5H10ClNOS. The molecule has 4 heteroatoms. The Morgan fingerprint density at radius 3 is 2.78 bits per heavy atom. The molecule has 0 aliphatic rings. The quantitative estimate of drug-likeness (QED) is 0.635. The van der Waals surface area contributed by atoms with Crippen LogP contribution in [0.2, 0.25) is 0 Å². The van der Waals surface area contributed by atoms with Gasteiger partial charge in [0, 0.05) is 11.9 Å². The highest BCUT2D eigenvalue weighted by atomic mass is 35.5. The minimum atomic E-state index is -0.0249. The average molecular weight is 168 g/mol. The second-order valence-electron chi connectivity index (χ2n) is 1.69. The van der Waals surface area contributed by atoms with Crippen molar-refractivity contribution in [2.24, 2.45) is 0 Å². The molecule has 0 aliphatic heterocycles. The number of amides is 1. The molecule has 54 valence electrons. The van der Waals surface area contributed by atoms with E-state index in [1.807, 2.05) is 6.92 Å². The van der Waals surface area contributed by atoms with Crippen LogP contribution in [0.15, 0.2) is 0 Å². The maximum absolute atomic E-state index is 10.6. The molecule has 1 N–H and O–H groups in total. The number of carbonyl (C=O) groups is 1. The topological polar surface area (TPSA) is 29.1 Å². The summed E-state index contributed by atoms with van der Waals surface area (Å²) < 4.78 is 0. The molecule has 0 unspecified atom stereocenters. The molecule has 0 heterocycles. The molecule has 0 bridgehead atoms. The van der Waals surface area contributed by atoms with Gasteiger partial charge < -0.3 is 5.32 Å². The van der Waals surface area contributed by atoms with Gasteiger partial charge in [-0.1, -0.05) is 11.8 Å². The van der Waals surface area contributed by atoms with Crippen molar-refractivity contribution >= 4 is 28.6 Å². The highest BCUT2D eigenvalue weighted by molar-refractivity contribution is 8.12. The third-order valence-corrected chi connectivity index (χ3v) is 1.73. The first-order chi connectivity index (χ1) is 4.20. The Morgan fingerprint density at radius 1 is 1.89 bits per heavy atom. The van der Waals surface area contributed by atoms with Crippen LogP contribution in [0.3, 0.4) is 0 Å². The van der Waals surface area contributed by atoms with Crippen LogP contribution in [0, 0.1) is 0 Å². The van der Waals surface area contributed by atoms with E-state index in [1.165, 1.54) is 0 Å². The fraction of sp³-hybridized carbons (Fsp3) is 0.800. The van der Waals surface area contributed by atoms with E-state index < -0.39 is 0 Å². The molecule has 0 fully saturated rings. The summed E-state index contributed by atoms with van der Waals surface area (Å²) in [6, 6.07) is 0.0756. The fourth-order valence-corrected chi connectivity index (χ4v) is 0.695. The molecule has 0 rings (SSSR count). The fourth-order valence-electron chi connectivity index (χ4n) is 0.299. The third-order valence-electron chi connectivity index (χ3n) is 0.781. The number of hydrogen-bond acceptors (Lipinski definition) is 2. The van der Waals surface area contributed by atoms with Crippen LogP contribution in [-0.2, 0) is 0 Å².